The normalized spacial score (nSPS) is 28.5. The van der Waals surface area contributed by atoms with E-state index in [-0.39, 0.29) is 5.82 Å². The number of halogens is 1. The van der Waals surface area contributed by atoms with Crippen LogP contribution in [0.3, 0.4) is 0 Å². The number of aliphatic hydroxyl groups is 1. The van der Waals surface area contributed by atoms with Crippen LogP contribution in [0.5, 0.6) is 0 Å². The molecule has 0 spiro atoms. The summed E-state index contributed by atoms with van der Waals surface area (Å²) in [5.41, 5.74) is 3.64. The average Bonchev–Trinajstić information content (AvgIpc) is 2.74. The summed E-state index contributed by atoms with van der Waals surface area (Å²) in [6.07, 6.45) is 1.68. The number of nitrogens with two attached hydrogens (primary N) is 1. The first-order valence-corrected chi connectivity index (χ1v) is 5.29. The standard InChI is InChI=1S/C10H14FN3O3/c11-5-10(6-15)3-1-8(17-10)14-4-2-7(12)13-9(14)16/h2,4,8,15H,1,3,5-6H2,(H2,12,13,16). The molecule has 2 atom stereocenters. The Hall–Kier alpha value is -1.47. The third-order valence-electron chi connectivity index (χ3n) is 2.93. The summed E-state index contributed by atoms with van der Waals surface area (Å²) in [5.74, 6) is 0.128. The monoisotopic (exact) mass is 243 g/mol. The zero-order valence-electron chi connectivity index (χ0n) is 9.17. The Morgan fingerprint density at radius 1 is 1.76 bits per heavy atom. The highest BCUT2D eigenvalue weighted by atomic mass is 19.1. The van der Waals surface area contributed by atoms with Gasteiger partial charge in [-0.3, -0.25) is 4.57 Å². The molecule has 2 heterocycles. The number of rotatable bonds is 3. The van der Waals surface area contributed by atoms with Crippen LogP contribution >= 0.6 is 0 Å². The first-order chi connectivity index (χ1) is 8.10. The van der Waals surface area contributed by atoms with Crippen molar-refractivity contribution in [3.05, 3.63) is 22.7 Å². The summed E-state index contributed by atoms with van der Waals surface area (Å²) in [7, 11) is 0. The molecule has 0 bridgehead atoms. The number of nitrogens with zero attached hydrogens (tertiary/aromatic N) is 2. The second-order valence-corrected chi connectivity index (χ2v) is 4.13. The second kappa shape index (κ2) is 4.42. The van der Waals surface area contributed by atoms with Gasteiger partial charge in [0, 0.05) is 6.20 Å². The molecule has 2 unspecified atom stereocenters. The van der Waals surface area contributed by atoms with Crippen molar-refractivity contribution in [1.29, 1.82) is 0 Å². The van der Waals surface area contributed by atoms with E-state index in [9.17, 15) is 9.18 Å². The van der Waals surface area contributed by atoms with E-state index in [1.165, 1.54) is 16.8 Å². The molecule has 1 saturated heterocycles. The highest BCUT2D eigenvalue weighted by Gasteiger charge is 2.41. The van der Waals surface area contributed by atoms with Crippen molar-refractivity contribution in [1.82, 2.24) is 9.55 Å². The molecule has 0 radical (unpaired) electrons. The van der Waals surface area contributed by atoms with Gasteiger partial charge in [0.05, 0.1) is 6.61 Å². The van der Waals surface area contributed by atoms with Gasteiger partial charge < -0.3 is 15.6 Å². The molecule has 1 aliphatic heterocycles. The molecular weight excluding hydrogens is 229 g/mol. The molecule has 7 heteroatoms. The van der Waals surface area contributed by atoms with Crippen molar-refractivity contribution in [2.75, 3.05) is 19.0 Å². The topological polar surface area (TPSA) is 90.4 Å². The lowest BCUT2D eigenvalue weighted by molar-refractivity contribution is -0.109. The van der Waals surface area contributed by atoms with Crippen LogP contribution in [0.4, 0.5) is 10.2 Å². The van der Waals surface area contributed by atoms with Crippen LogP contribution in [-0.4, -0.2) is 33.5 Å². The third-order valence-corrected chi connectivity index (χ3v) is 2.93. The quantitative estimate of drug-likeness (QED) is 0.769. The molecule has 2 rings (SSSR count). The predicted octanol–water partition coefficient (Wildman–Crippen LogP) is -0.165. The minimum atomic E-state index is -1.19. The van der Waals surface area contributed by atoms with E-state index in [4.69, 9.17) is 15.6 Å². The number of hydrogen-bond donors (Lipinski definition) is 2. The average molecular weight is 243 g/mol. The molecule has 1 fully saturated rings. The van der Waals surface area contributed by atoms with Crippen LogP contribution in [0, 0.1) is 0 Å². The summed E-state index contributed by atoms with van der Waals surface area (Å²) in [6.45, 7) is -1.19. The second-order valence-electron chi connectivity index (χ2n) is 4.13. The Morgan fingerprint density at radius 3 is 3.06 bits per heavy atom. The molecule has 0 aromatic carbocycles. The minimum absolute atomic E-state index is 0.128. The van der Waals surface area contributed by atoms with Crippen LogP contribution in [-0.2, 0) is 4.74 Å². The fourth-order valence-corrected chi connectivity index (χ4v) is 1.89. The first-order valence-electron chi connectivity index (χ1n) is 5.29. The van der Waals surface area contributed by atoms with Gasteiger partial charge in [0.25, 0.3) is 0 Å². The molecule has 0 amide bonds. The maximum atomic E-state index is 12.8. The van der Waals surface area contributed by atoms with E-state index in [0.29, 0.717) is 12.8 Å². The fraction of sp³-hybridized carbons (Fsp3) is 0.600. The molecular formula is C10H14FN3O3. The molecule has 1 aromatic rings. The minimum Gasteiger partial charge on any atom is -0.393 e. The highest BCUT2D eigenvalue weighted by Crippen LogP contribution is 2.35. The van der Waals surface area contributed by atoms with E-state index < -0.39 is 30.8 Å². The number of hydrogen-bond acceptors (Lipinski definition) is 5. The molecule has 3 N–H and O–H groups in total. The van der Waals surface area contributed by atoms with E-state index in [1.807, 2.05) is 0 Å². The maximum Gasteiger partial charge on any atom is 0.351 e. The Balaban J connectivity index is 2.23. The van der Waals surface area contributed by atoms with Crippen molar-refractivity contribution in [2.45, 2.75) is 24.7 Å². The Kier molecular flexibility index (Phi) is 3.12. The zero-order valence-corrected chi connectivity index (χ0v) is 9.17. The predicted molar refractivity (Wildman–Crippen MR) is 58.1 cm³/mol. The first kappa shape index (κ1) is 12.0. The van der Waals surface area contributed by atoms with Crippen molar-refractivity contribution >= 4 is 5.82 Å². The third kappa shape index (κ3) is 2.16. The Labute approximate surface area is 96.8 Å². The lowest BCUT2D eigenvalue weighted by Crippen LogP contribution is -2.37. The molecule has 1 aliphatic rings. The van der Waals surface area contributed by atoms with Gasteiger partial charge in [-0.25, -0.2) is 9.18 Å². The van der Waals surface area contributed by atoms with Crippen LogP contribution in [0.25, 0.3) is 0 Å². The van der Waals surface area contributed by atoms with Gasteiger partial charge in [-0.2, -0.15) is 4.98 Å². The SMILES string of the molecule is Nc1ccn(C2CCC(CO)(CF)O2)c(=O)n1. The van der Waals surface area contributed by atoms with E-state index >= 15 is 0 Å². The Bertz CT molecular complexity index is 458. The van der Waals surface area contributed by atoms with Crippen molar-refractivity contribution in [3.8, 4) is 0 Å². The molecule has 94 valence electrons. The number of anilines is 1. The molecule has 0 aliphatic carbocycles. The van der Waals surface area contributed by atoms with Crippen molar-refractivity contribution in [3.63, 3.8) is 0 Å². The smallest absolute Gasteiger partial charge is 0.351 e. The molecule has 6 nitrogen and oxygen atoms in total. The summed E-state index contributed by atoms with van der Waals surface area (Å²) in [4.78, 5) is 15.1. The lowest BCUT2D eigenvalue weighted by Gasteiger charge is -2.24. The largest absolute Gasteiger partial charge is 0.393 e. The van der Waals surface area contributed by atoms with Crippen molar-refractivity contribution < 1.29 is 14.2 Å². The van der Waals surface area contributed by atoms with E-state index in [2.05, 4.69) is 4.98 Å². The number of aromatic nitrogens is 2. The summed E-state index contributed by atoms with van der Waals surface area (Å²) in [5, 5.41) is 9.11. The molecule has 0 saturated carbocycles. The fourth-order valence-electron chi connectivity index (χ4n) is 1.89. The van der Waals surface area contributed by atoms with Gasteiger partial charge in [0.2, 0.25) is 0 Å². The van der Waals surface area contributed by atoms with Gasteiger partial charge in [-0.1, -0.05) is 0 Å². The molecule has 1 aromatic heterocycles. The summed E-state index contributed by atoms with van der Waals surface area (Å²) in [6, 6.07) is 1.47. The Morgan fingerprint density at radius 2 is 2.53 bits per heavy atom. The van der Waals surface area contributed by atoms with E-state index in [1.54, 1.807) is 0 Å². The van der Waals surface area contributed by atoms with Crippen LogP contribution in [0.1, 0.15) is 19.1 Å². The summed E-state index contributed by atoms with van der Waals surface area (Å²) >= 11 is 0. The van der Waals surface area contributed by atoms with Gasteiger partial charge in [0.15, 0.2) is 0 Å². The maximum absolute atomic E-state index is 12.8. The van der Waals surface area contributed by atoms with E-state index in [0.717, 1.165) is 0 Å². The van der Waals surface area contributed by atoms with Gasteiger partial charge >= 0.3 is 5.69 Å². The highest BCUT2D eigenvalue weighted by molar-refractivity contribution is 5.23. The van der Waals surface area contributed by atoms with Crippen LogP contribution < -0.4 is 11.4 Å². The zero-order chi connectivity index (χ0) is 12.5. The number of ether oxygens (including phenoxy) is 1. The van der Waals surface area contributed by atoms with Crippen molar-refractivity contribution in [2.24, 2.45) is 0 Å². The van der Waals surface area contributed by atoms with Crippen LogP contribution in [0.15, 0.2) is 17.1 Å². The number of nitrogen functional groups attached to an aromatic ring is 1. The number of alkyl halides is 1. The number of aliphatic hydroxyl groups excluding tert-OH is 1. The lowest BCUT2D eigenvalue weighted by atomic mass is 10.0. The summed E-state index contributed by atoms with van der Waals surface area (Å²) < 4.78 is 19.5. The van der Waals surface area contributed by atoms with Gasteiger partial charge in [-0.05, 0) is 18.9 Å². The van der Waals surface area contributed by atoms with Gasteiger partial charge in [-0.15, -0.1) is 0 Å². The van der Waals surface area contributed by atoms with Gasteiger partial charge in [0.1, 0.15) is 24.3 Å². The molecule has 17 heavy (non-hydrogen) atoms. The van der Waals surface area contributed by atoms with Crippen LogP contribution in [0.2, 0.25) is 0 Å².